The van der Waals surface area contributed by atoms with Gasteiger partial charge in [0, 0.05) is 6.42 Å². The number of hydrogen-bond acceptors (Lipinski definition) is 2. The number of benzene rings is 1. The average Bonchev–Trinajstić information content (AvgIpc) is 2.33. The summed E-state index contributed by atoms with van der Waals surface area (Å²) in [5.74, 6) is 0.507. The number of cyclic esters (lactones) is 1. The topological polar surface area (TPSA) is 26.3 Å². The van der Waals surface area contributed by atoms with E-state index in [9.17, 15) is 9.18 Å². The van der Waals surface area contributed by atoms with Gasteiger partial charge in [-0.05, 0) is 41.9 Å². The molecule has 1 heterocycles. The van der Waals surface area contributed by atoms with Crippen LogP contribution in [0.15, 0.2) is 24.3 Å². The van der Waals surface area contributed by atoms with Crippen LogP contribution in [0.25, 0.3) is 0 Å². The molecule has 1 aromatic rings. The van der Waals surface area contributed by atoms with E-state index < -0.39 is 0 Å². The molecule has 2 rings (SSSR count). The molecule has 1 aromatic carbocycles. The van der Waals surface area contributed by atoms with Gasteiger partial charge in [-0.1, -0.05) is 32.9 Å². The summed E-state index contributed by atoms with van der Waals surface area (Å²) >= 11 is 0. The van der Waals surface area contributed by atoms with Gasteiger partial charge in [-0.25, -0.2) is 4.39 Å². The van der Waals surface area contributed by atoms with Crippen molar-refractivity contribution >= 4 is 5.97 Å². The molecule has 1 aliphatic heterocycles. The molecule has 1 fully saturated rings. The molecule has 0 aromatic heterocycles. The SMILES string of the molecule is CC(C)[C@H]1OC(=O)CC(Cc2cccc(F)c2)[C@@H]1C. The van der Waals surface area contributed by atoms with Gasteiger partial charge in [0.15, 0.2) is 0 Å². The molecule has 19 heavy (non-hydrogen) atoms. The molecular weight excluding hydrogens is 243 g/mol. The Kier molecular flexibility index (Phi) is 4.23. The molecule has 1 saturated heterocycles. The number of ether oxygens (including phenoxy) is 1. The van der Waals surface area contributed by atoms with Crippen LogP contribution in [0, 0.1) is 23.6 Å². The highest BCUT2D eigenvalue weighted by molar-refractivity contribution is 5.70. The van der Waals surface area contributed by atoms with Gasteiger partial charge < -0.3 is 4.74 Å². The maximum atomic E-state index is 13.2. The fourth-order valence-corrected chi connectivity index (χ4v) is 2.94. The van der Waals surface area contributed by atoms with Gasteiger partial charge in [-0.2, -0.15) is 0 Å². The van der Waals surface area contributed by atoms with Crippen LogP contribution in [0.4, 0.5) is 4.39 Å². The van der Waals surface area contributed by atoms with Gasteiger partial charge in [0.25, 0.3) is 0 Å². The standard InChI is InChI=1S/C16H21FO2/c1-10(2)16-11(3)13(9-15(18)19-16)7-12-5-4-6-14(17)8-12/h4-6,8,10-11,13,16H,7,9H2,1-3H3/t11-,13?,16+/m0/s1. The van der Waals surface area contributed by atoms with Crippen molar-refractivity contribution in [2.24, 2.45) is 17.8 Å². The highest BCUT2D eigenvalue weighted by Gasteiger charge is 2.37. The number of halogens is 1. The second-order valence-corrected chi connectivity index (χ2v) is 5.86. The highest BCUT2D eigenvalue weighted by atomic mass is 19.1. The molecule has 3 heteroatoms. The lowest BCUT2D eigenvalue weighted by atomic mass is 9.77. The van der Waals surface area contributed by atoms with E-state index in [1.165, 1.54) is 6.07 Å². The van der Waals surface area contributed by atoms with Crippen LogP contribution >= 0.6 is 0 Å². The molecule has 0 saturated carbocycles. The van der Waals surface area contributed by atoms with Gasteiger partial charge in [0.1, 0.15) is 11.9 Å². The zero-order valence-electron chi connectivity index (χ0n) is 11.7. The first-order valence-corrected chi connectivity index (χ1v) is 6.91. The lowest BCUT2D eigenvalue weighted by Gasteiger charge is -2.37. The number of carbonyl (C=O) groups excluding carboxylic acids is 1. The van der Waals surface area contributed by atoms with Gasteiger partial charge in [0.2, 0.25) is 0 Å². The van der Waals surface area contributed by atoms with Gasteiger partial charge in [0.05, 0.1) is 0 Å². The summed E-state index contributed by atoms with van der Waals surface area (Å²) in [7, 11) is 0. The first kappa shape index (κ1) is 14.0. The summed E-state index contributed by atoms with van der Waals surface area (Å²) in [6.45, 7) is 6.26. The van der Waals surface area contributed by atoms with Crippen LogP contribution in [0.2, 0.25) is 0 Å². The van der Waals surface area contributed by atoms with Gasteiger partial charge in [-0.15, -0.1) is 0 Å². The number of esters is 1. The Balaban J connectivity index is 2.12. The molecule has 3 atom stereocenters. The lowest BCUT2D eigenvalue weighted by Crippen LogP contribution is -2.41. The molecule has 0 spiro atoms. The van der Waals surface area contributed by atoms with Crippen molar-refractivity contribution in [2.75, 3.05) is 0 Å². The van der Waals surface area contributed by atoms with Gasteiger partial charge in [-0.3, -0.25) is 4.79 Å². The van der Waals surface area contributed by atoms with Crippen molar-refractivity contribution in [3.05, 3.63) is 35.6 Å². The Hall–Kier alpha value is -1.38. The Labute approximate surface area is 114 Å². The third-order valence-corrected chi connectivity index (χ3v) is 4.00. The summed E-state index contributed by atoms with van der Waals surface area (Å²) < 4.78 is 18.6. The molecule has 1 unspecified atom stereocenters. The number of rotatable bonds is 3. The minimum Gasteiger partial charge on any atom is -0.462 e. The minimum atomic E-state index is -0.219. The second kappa shape index (κ2) is 5.72. The minimum absolute atomic E-state index is 0.0280. The summed E-state index contributed by atoms with van der Waals surface area (Å²) in [5.41, 5.74) is 0.953. The quantitative estimate of drug-likeness (QED) is 0.780. The molecule has 0 aliphatic carbocycles. The van der Waals surface area contributed by atoms with Crippen molar-refractivity contribution in [3.63, 3.8) is 0 Å². The Morgan fingerprint density at radius 3 is 2.79 bits per heavy atom. The first-order valence-electron chi connectivity index (χ1n) is 6.91. The third-order valence-electron chi connectivity index (χ3n) is 4.00. The van der Waals surface area contributed by atoms with Crippen LogP contribution in [0.5, 0.6) is 0 Å². The van der Waals surface area contributed by atoms with Crippen LogP contribution < -0.4 is 0 Å². The first-order chi connectivity index (χ1) is 8.97. The van der Waals surface area contributed by atoms with E-state index in [0.29, 0.717) is 18.3 Å². The molecule has 0 N–H and O–H groups in total. The van der Waals surface area contributed by atoms with E-state index in [1.807, 2.05) is 6.07 Å². The molecule has 0 amide bonds. The molecule has 2 nitrogen and oxygen atoms in total. The predicted molar refractivity (Wildman–Crippen MR) is 72.1 cm³/mol. The fourth-order valence-electron chi connectivity index (χ4n) is 2.94. The fraction of sp³-hybridized carbons (Fsp3) is 0.562. The van der Waals surface area contributed by atoms with E-state index >= 15 is 0 Å². The zero-order chi connectivity index (χ0) is 14.0. The van der Waals surface area contributed by atoms with E-state index in [2.05, 4.69) is 20.8 Å². The van der Waals surface area contributed by atoms with Crippen LogP contribution in [0.1, 0.15) is 32.8 Å². The Bertz CT molecular complexity index is 456. The smallest absolute Gasteiger partial charge is 0.306 e. The molecule has 104 valence electrons. The largest absolute Gasteiger partial charge is 0.462 e. The van der Waals surface area contributed by atoms with Crippen molar-refractivity contribution in [1.29, 1.82) is 0 Å². The van der Waals surface area contributed by atoms with Gasteiger partial charge >= 0.3 is 5.97 Å². The highest BCUT2D eigenvalue weighted by Crippen LogP contribution is 2.33. The monoisotopic (exact) mass is 264 g/mol. The van der Waals surface area contributed by atoms with Crippen molar-refractivity contribution < 1.29 is 13.9 Å². The summed E-state index contributed by atoms with van der Waals surface area (Å²) in [4.78, 5) is 11.7. The predicted octanol–water partition coefficient (Wildman–Crippen LogP) is 3.59. The van der Waals surface area contributed by atoms with Crippen molar-refractivity contribution in [2.45, 2.75) is 39.7 Å². The maximum Gasteiger partial charge on any atom is 0.306 e. The Morgan fingerprint density at radius 2 is 2.16 bits per heavy atom. The van der Waals surface area contributed by atoms with E-state index in [1.54, 1.807) is 12.1 Å². The van der Waals surface area contributed by atoms with Crippen LogP contribution in [-0.4, -0.2) is 12.1 Å². The Morgan fingerprint density at radius 1 is 1.42 bits per heavy atom. The molecule has 0 bridgehead atoms. The molecular formula is C16H21FO2. The summed E-state index contributed by atoms with van der Waals surface area (Å²) in [6, 6.07) is 6.63. The van der Waals surface area contributed by atoms with Crippen LogP contribution in [-0.2, 0) is 16.0 Å². The third kappa shape index (κ3) is 3.34. The zero-order valence-corrected chi connectivity index (χ0v) is 11.7. The number of carbonyl (C=O) groups is 1. The summed E-state index contributed by atoms with van der Waals surface area (Å²) in [5, 5.41) is 0. The average molecular weight is 264 g/mol. The lowest BCUT2D eigenvalue weighted by molar-refractivity contribution is -0.166. The molecule has 0 radical (unpaired) electrons. The normalized spacial score (nSPS) is 27.4. The van der Waals surface area contributed by atoms with Crippen LogP contribution in [0.3, 0.4) is 0 Å². The van der Waals surface area contributed by atoms with E-state index in [-0.39, 0.29) is 23.8 Å². The molecule has 1 aliphatic rings. The van der Waals surface area contributed by atoms with Crippen molar-refractivity contribution in [1.82, 2.24) is 0 Å². The maximum absolute atomic E-state index is 13.2. The summed E-state index contributed by atoms with van der Waals surface area (Å²) in [6.07, 6.45) is 1.14. The number of hydrogen-bond donors (Lipinski definition) is 0. The second-order valence-electron chi connectivity index (χ2n) is 5.86. The van der Waals surface area contributed by atoms with E-state index in [4.69, 9.17) is 4.74 Å². The van der Waals surface area contributed by atoms with E-state index in [0.717, 1.165) is 12.0 Å². The van der Waals surface area contributed by atoms with Crippen molar-refractivity contribution in [3.8, 4) is 0 Å².